The van der Waals surface area contributed by atoms with E-state index in [0.29, 0.717) is 19.6 Å². The van der Waals surface area contributed by atoms with E-state index in [1.807, 2.05) is 0 Å². The van der Waals surface area contributed by atoms with Crippen LogP contribution in [0.1, 0.15) is 39.5 Å². The lowest BCUT2D eigenvalue weighted by atomic mass is 9.92. The molecule has 3 atom stereocenters. The number of likely N-dealkylation sites (tertiary alicyclic amines) is 1. The number of piperidine rings is 2. The van der Waals surface area contributed by atoms with Gasteiger partial charge in [0.25, 0.3) is 0 Å². The van der Waals surface area contributed by atoms with E-state index >= 15 is 0 Å². The second-order valence-corrected chi connectivity index (χ2v) is 9.79. The first-order valence-electron chi connectivity index (χ1n) is 9.21. The van der Waals surface area contributed by atoms with Gasteiger partial charge in [-0.1, -0.05) is 13.8 Å². The summed E-state index contributed by atoms with van der Waals surface area (Å²) in [5, 5.41) is 3.00. The lowest BCUT2D eigenvalue weighted by molar-refractivity contribution is -0.126. The van der Waals surface area contributed by atoms with Gasteiger partial charge in [0.05, 0.1) is 12.2 Å². The van der Waals surface area contributed by atoms with E-state index in [2.05, 4.69) is 24.1 Å². The Balaban J connectivity index is 1.68. The van der Waals surface area contributed by atoms with Crippen LogP contribution in [-0.4, -0.2) is 69.1 Å². The van der Waals surface area contributed by atoms with Gasteiger partial charge < -0.3 is 10.2 Å². The van der Waals surface area contributed by atoms with Crippen LogP contribution in [0.15, 0.2) is 0 Å². The highest BCUT2D eigenvalue weighted by molar-refractivity contribution is 7.88. The van der Waals surface area contributed by atoms with Crippen LogP contribution in [0.2, 0.25) is 0 Å². The molecule has 7 heteroatoms. The van der Waals surface area contributed by atoms with E-state index in [1.54, 1.807) is 0 Å². The Morgan fingerprint density at radius 3 is 2.46 bits per heavy atom. The number of nitrogens with zero attached hydrogens (tertiary/aromatic N) is 2. The molecule has 0 saturated carbocycles. The zero-order valence-electron chi connectivity index (χ0n) is 15.3. The van der Waals surface area contributed by atoms with Crippen LogP contribution < -0.4 is 5.32 Å². The van der Waals surface area contributed by atoms with Crippen LogP contribution in [0, 0.1) is 17.8 Å². The molecule has 0 aromatic rings. The average Bonchev–Trinajstić information content (AvgIpc) is 2.50. The van der Waals surface area contributed by atoms with E-state index in [9.17, 15) is 13.2 Å². The zero-order valence-corrected chi connectivity index (χ0v) is 16.1. The van der Waals surface area contributed by atoms with E-state index in [0.717, 1.165) is 50.7 Å². The van der Waals surface area contributed by atoms with Crippen molar-refractivity contribution in [3.63, 3.8) is 0 Å². The Morgan fingerprint density at radius 2 is 1.83 bits per heavy atom. The molecule has 0 unspecified atom stereocenters. The molecule has 0 aromatic heterocycles. The molecule has 0 spiro atoms. The van der Waals surface area contributed by atoms with Crippen molar-refractivity contribution in [2.45, 2.75) is 39.5 Å². The van der Waals surface area contributed by atoms with Gasteiger partial charge in [0, 0.05) is 32.7 Å². The summed E-state index contributed by atoms with van der Waals surface area (Å²) in [5.74, 6) is 1.31. The topological polar surface area (TPSA) is 69.7 Å². The maximum absolute atomic E-state index is 12.3. The van der Waals surface area contributed by atoms with Crippen LogP contribution in [0.5, 0.6) is 0 Å². The summed E-state index contributed by atoms with van der Waals surface area (Å²) in [5.41, 5.74) is 0. The van der Waals surface area contributed by atoms with Crippen LogP contribution in [0.4, 0.5) is 0 Å². The SMILES string of the molecule is C[C@@H]1C[C@@H](C)CN(CCCNC(=O)[C@H]2CCCN(S(C)(=O)=O)C2)C1. The summed E-state index contributed by atoms with van der Waals surface area (Å²) >= 11 is 0. The van der Waals surface area contributed by atoms with Crippen LogP contribution in [0.25, 0.3) is 0 Å². The highest BCUT2D eigenvalue weighted by atomic mass is 32.2. The van der Waals surface area contributed by atoms with Crippen LogP contribution in [0.3, 0.4) is 0 Å². The molecule has 2 heterocycles. The Labute approximate surface area is 147 Å². The first-order valence-corrected chi connectivity index (χ1v) is 11.1. The van der Waals surface area contributed by atoms with Gasteiger partial charge in [-0.05, 0) is 44.1 Å². The van der Waals surface area contributed by atoms with Crippen molar-refractivity contribution < 1.29 is 13.2 Å². The fraction of sp³-hybridized carbons (Fsp3) is 0.941. The van der Waals surface area contributed by atoms with Crippen molar-refractivity contribution >= 4 is 15.9 Å². The van der Waals surface area contributed by atoms with E-state index in [4.69, 9.17) is 0 Å². The largest absolute Gasteiger partial charge is 0.356 e. The molecule has 1 amide bonds. The highest BCUT2D eigenvalue weighted by Crippen LogP contribution is 2.21. The first-order chi connectivity index (χ1) is 11.3. The fourth-order valence-corrected chi connectivity index (χ4v) is 5.00. The molecule has 2 aliphatic heterocycles. The van der Waals surface area contributed by atoms with Crippen molar-refractivity contribution in [3.8, 4) is 0 Å². The van der Waals surface area contributed by atoms with Crippen molar-refractivity contribution in [2.75, 3.05) is 45.5 Å². The molecule has 2 saturated heterocycles. The number of carbonyl (C=O) groups is 1. The van der Waals surface area contributed by atoms with Crippen molar-refractivity contribution in [2.24, 2.45) is 17.8 Å². The maximum Gasteiger partial charge on any atom is 0.224 e. The summed E-state index contributed by atoms with van der Waals surface area (Å²) in [6.07, 6.45) is 5.01. The van der Waals surface area contributed by atoms with Crippen LogP contribution >= 0.6 is 0 Å². The number of rotatable bonds is 6. The second-order valence-electron chi connectivity index (χ2n) is 7.81. The van der Waals surface area contributed by atoms with Gasteiger partial charge >= 0.3 is 0 Å². The molecule has 0 aliphatic carbocycles. The molecule has 24 heavy (non-hydrogen) atoms. The summed E-state index contributed by atoms with van der Waals surface area (Å²) < 4.78 is 24.7. The zero-order chi connectivity index (χ0) is 17.7. The summed E-state index contributed by atoms with van der Waals surface area (Å²) in [4.78, 5) is 14.8. The molecule has 2 rings (SSSR count). The normalized spacial score (nSPS) is 30.2. The Hall–Kier alpha value is -0.660. The van der Waals surface area contributed by atoms with Gasteiger partial charge in [0.2, 0.25) is 15.9 Å². The molecule has 0 aromatic carbocycles. The number of sulfonamides is 1. The van der Waals surface area contributed by atoms with Gasteiger partial charge in [-0.25, -0.2) is 12.7 Å². The predicted molar refractivity (Wildman–Crippen MR) is 96.2 cm³/mol. The standard InChI is InChI=1S/C17H33N3O3S/c1-14-10-15(2)12-19(11-14)8-5-7-18-17(21)16-6-4-9-20(13-16)24(3,22)23/h14-16H,4-13H2,1-3H3,(H,18,21)/t14-,15-,16+/m1/s1. The third-order valence-electron chi connectivity index (χ3n) is 5.12. The van der Waals surface area contributed by atoms with Crippen LogP contribution in [-0.2, 0) is 14.8 Å². The lowest BCUT2D eigenvalue weighted by Crippen LogP contribution is -2.45. The Morgan fingerprint density at radius 1 is 1.17 bits per heavy atom. The first kappa shape index (κ1) is 19.7. The minimum atomic E-state index is -3.20. The van der Waals surface area contributed by atoms with Gasteiger partial charge in [0.15, 0.2) is 0 Å². The smallest absolute Gasteiger partial charge is 0.224 e. The molecular formula is C17H33N3O3S. The molecule has 1 N–H and O–H groups in total. The fourth-order valence-electron chi connectivity index (χ4n) is 4.09. The molecule has 2 fully saturated rings. The van der Waals surface area contributed by atoms with E-state index in [1.165, 1.54) is 17.0 Å². The van der Waals surface area contributed by atoms with Gasteiger partial charge in [-0.3, -0.25) is 4.79 Å². The number of hydrogen-bond acceptors (Lipinski definition) is 4. The molecule has 0 bridgehead atoms. The number of hydrogen-bond donors (Lipinski definition) is 1. The maximum atomic E-state index is 12.3. The summed E-state index contributed by atoms with van der Waals surface area (Å²) in [6.45, 7) is 9.48. The molecule has 2 aliphatic rings. The number of nitrogens with one attached hydrogen (secondary N) is 1. The predicted octanol–water partition coefficient (Wildman–Crippen LogP) is 1.14. The van der Waals surface area contributed by atoms with Gasteiger partial charge in [-0.15, -0.1) is 0 Å². The second kappa shape index (κ2) is 8.63. The molecular weight excluding hydrogens is 326 g/mol. The Kier molecular flexibility index (Phi) is 7.07. The summed E-state index contributed by atoms with van der Waals surface area (Å²) in [6, 6.07) is 0. The van der Waals surface area contributed by atoms with Crippen molar-refractivity contribution in [3.05, 3.63) is 0 Å². The molecule has 0 radical (unpaired) electrons. The molecule has 6 nitrogen and oxygen atoms in total. The Bertz CT molecular complexity index is 513. The van der Waals surface area contributed by atoms with Crippen molar-refractivity contribution in [1.82, 2.24) is 14.5 Å². The summed E-state index contributed by atoms with van der Waals surface area (Å²) in [7, 11) is -3.20. The van der Waals surface area contributed by atoms with Gasteiger partial charge in [0.1, 0.15) is 0 Å². The average molecular weight is 360 g/mol. The lowest BCUT2D eigenvalue weighted by Gasteiger charge is -2.35. The van der Waals surface area contributed by atoms with E-state index < -0.39 is 10.0 Å². The third kappa shape index (κ3) is 6.01. The minimum absolute atomic E-state index is 0.00345. The minimum Gasteiger partial charge on any atom is -0.356 e. The third-order valence-corrected chi connectivity index (χ3v) is 6.39. The van der Waals surface area contributed by atoms with E-state index in [-0.39, 0.29) is 11.8 Å². The highest BCUT2D eigenvalue weighted by Gasteiger charge is 2.30. The van der Waals surface area contributed by atoms with Gasteiger partial charge in [-0.2, -0.15) is 0 Å². The quantitative estimate of drug-likeness (QED) is 0.722. The number of amides is 1. The molecule has 140 valence electrons. The number of carbonyl (C=O) groups excluding carboxylic acids is 1. The monoisotopic (exact) mass is 359 g/mol. The van der Waals surface area contributed by atoms with Crippen molar-refractivity contribution in [1.29, 1.82) is 0 Å².